The van der Waals surface area contributed by atoms with Crippen molar-refractivity contribution >= 4 is 34.0 Å². The van der Waals surface area contributed by atoms with Gasteiger partial charge in [0.25, 0.3) is 5.91 Å². The monoisotopic (exact) mass is 374 g/mol. The maximum Gasteiger partial charge on any atom is 0.258 e. The Morgan fingerprint density at radius 2 is 1.88 bits per heavy atom. The second-order valence-corrected chi connectivity index (χ2v) is 6.31. The molecule has 1 N–H and O–H groups in total. The molecule has 0 aliphatic carbocycles. The number of thiazole rings is 1. The number of hydrogen-bond acceptors (Lipinski definition) is 5. The number of amides is 1. The Morgan fingerprint density at radius 3 is 2.60 bits per heavy atom. The number of halogens is 1. The Bertz CT molecular complexity index is 911. The Balaban J connectivity index is 1.81. The van der Waals surface area contributed by atoms with Crippen LogP contribution in [0.4, 0.5) is 5.13 Å². The summed E-state index contributed by atoms with van der Waals surface area (Å²) in [5, 5.41) is 5.53. The lowest BCUT2D eigenvalue weighted by molar-refractivity contribution is 0.102. The lowest BCUT2D eigenvalue weighted by Gasteiger charge is -2.08. The molecule has 1 heterocycles. The number of methoxy groups -OCH3 is 2. The van der Waals surface area contributed by atoms with Gasteiger partial charge in [0.05, 0.1) is 30.5 Å². The van der Waals surface area contributed by atoms with E-state index in [1.165, 1.54) is 11.3 Å². The summed E-state index contributed by atoms with van der Waals surface area (Å²) in [6.07, 6.45) is 0. The van der Waals surface area contributed by atoms with Gasteiger partial charge in [-0.15, -0.1) is 11.3 Å². The highest BCUT2D eigenvalue weighted by Gasteiger charge is 2.13. The summed E-state index contributed by atoms with van der Waals surface area (Å²) in [4.78, 5) is 16.8. The molecule has 0 saturated carbocycles. The van der Waals surface area contributed by atoms with Gasteiger partial charge in [-0.05, 0) is 30.3 Å². The minimum Gasteiger partial charge on any atom is -0.493 e. The molecule has 0 spiro atoms. The highest BCUT2D eigenvalue weighted by Crippen LogP contribution is 2.33. The summed E-state index contributed by atoms with van der Waals surface area (Å²) in [5.74, 6) is 0.974. The van der Waals surface area contributed by atoms with Gasteiger partial charge >= 0.3 is 0 Å². The third-order valence-electron chi connectivity index (χ3n) is 3.52. The summed E-state index contributed by atoms with van der Waals surface area (Å²) >= 11 is 7.38. The molecular formula is C18H15ClN2O3S. The van der Waals surface area contributed by atoms with E-state index in [0.717, 1.165) is 11.3 Å². The van der Waals surface area contributed by atoms with Crippen molar-refractivity contribution in [1.82, 2.24) is 4.98 Å². The van der Waals surface area contributed by atoms with E-state index in [9.17, 15) is 4.79 Å². The summed E-state index contributed by atoms with van der Waals surface area (Å²) in [6, 6.07) is 12.4. The standard InChI is InChI=1S/C18H15ClN2O3S/c1-23-15-8-7-11(9-16(15)24-2)14-10-25-18(20-14)21-17(22)12-5-3-4-6-13(12)19/h3-10H,1-2H3,(H,20,21,22). The Morgan fingerprint density at radius 1 is 1.12 bits per heavy atom. The molecule has 0 aliphatic rings. The molecular weight excluding hydrogens is 360 g/mol. The molecule has 0 fully saturated rings. The molecule has 3 rings (SSSR count). The maximum absolute atomic E-state index is 12.3. The van der Waals surface area contributed by atoms with E-state index in [1.54, 1.807) is 38.5 Å². The zero-order chi connectivity index (χ0) is 17.8. The molecule has 2 aromatic carbocycles. The minimum absolute atomic E-state index is 0.293. The topological polar surface area (TPSA) is 60.5 Å². The van der Waals surface area contributed by atoms with Gasteiger partial charge in [-0.3, -0.25) is 10.1 Å². The van der Waals surface area contributed by atoms with Gasteiger partial charge in [0, 0.05) is 10.9 Å². The van der Waals surface area contributed by atoms with Crippen LogP contribution < -0.4 is 14.8 Å². The normalized spacial score (nSPS) is 10.4. The van der Waals surface area contributed by atoms with Crippen molar-refractivity contribution in [2.24, 2.45) is 0 Å². The molecule has 0 aliphatic heterocycles. The third-order valence-corrected chi connectivity index (χ3v) is 4.61. The van der Waals surface area contributed by atoms with E-state index in [1.807, 2.05) is 23.6 Å². The predicted octanol–water partition coefficient (Wildman–Crippen LogP) is 4.73. The highest BCUT2D eigenvalue weighted by atomic mass is 35.5. The van der Waals surface area contributed by atoms with Crippen LogP contribution >= 0.6 is 22.9 Å². The first-order valence-corrected chi connectivity index (χ1v) is 8.62. The number of hydrogen-bond donors (Lipinski definition) is 1. The van der Waals surface area contributed by atoms with Gasteiger partial charge in [-0.1, -0.05) is 23.7 Å². The number of rotatable bonds is 5. The van der Waals surface area contributed by atoms with Crippen LogP contribution in [0.25, 0.3) is 11.3 Å². The first kappa shape index (κ1) is 17.3. The number of carbonyl (C=O) groups is 1. The fourth-order valence-electron chi connectivity index (χ4n) is 2.27. The van der Waals surface area contributed by atoms with Crippen molar-refractivity contribution in [1.29, 1.82) is 0 Å². The Hall–Kier alpha value is -2.57. The van der Waals surface area contributed by atoms with E-state index < -0.39 is 0 Å². The van der Waals surface area contributed by atoms with Gasteiger partial charge in [-0.2, -0.15) is 0 Å². The molecule has 3 aromatic rings. The Kier molecular flexibility index (Phi) is 5.21. The van der Waals surface area contributed by atoms with Crippen LogP contribution in [-0.4, -0.2) is 25.1 Å². The van der Waals surface area contributed by atoms with Crippen molar-refractivity contribution in [3.63, 3.8) is 0 Å². The highest BCUT2D eigenvalue weighted by molar-refractivity contribution is 7.14. The molecule has 0 atom stereocenters. The summed E-state index contributed by atoms with van der Waals surface area (Å²) in [6.45, 7) is 0. The fourth-order valence-corrected chi connectivity index (χ4v) is 3.21. The average molecular weight is 375 g/mol. The Labute approximate surface area is 154 Å². The van der Waals surface area contributed by atoms with Gasteiger partial charge in [0.2, 0.25) is 0 Å². The average Bonchev–Trinajstić information content (AvgIpc) is 3.09. The predicted molar refractivity (Wildman–Crippen MR) is 100 cm³/mol. The quantitative estimate of drug-likeness (QED) is 0.701. The van der Waals surface area contributed by atoms with Crippen molar-refractivity contribution in [3.05, 3.63) is 58.4 Å². The second kappa shape index (κ2) is 7.55. The minimum atomic E-state index is -0.293. The van der Waals surface area contributed by atoms with Crippen molar-refractivity contribution < 1.29 is 14.3 Å². The van der Waals surface area contributed by atoms with Crippen molar-refractivity contribution in [2.45, 2.75) is 0 Å². The zero-order valence-corrected chi connectivity index (χ0v) is 15.1. The number of anilines is 1. The summed E-state index contributed by atoms with van der Waals surface area (Å²) in [7, 11) is 3.17. The van der Waals surface area contributed by atoms with Crippen LogP contribution in [0, 0.1) is 0 Å². The van der Waals surface area contributed by atoms with E-state index in [4.69, 9.17) is 21.1 Å². The number of nitrogens with one attached hydrogen (secondary N) is 1. The first-order valence-electron chi connectivity index (χ1n) is 7.36. The van der Waals surface area contributed by atoms with E-state index in [2.05, 4.69) is 10.3 Å². The smallest absolute Gasteiger partial charge is 0.258 e. The number of benzene rings is 2. The van der Waals surface area contributed by atoms with E-state index in [0.29, 0.717) is 27.2 Å². The van der Waals surface area contributed by atoms with Crippen LogP contribution in [0.3, 0.4) is 0 Å². The molecule has 25 heavy (non-hydrogen) atoms. The molecule has 0 radical (unpaired) electrons. The lowest BCUT2D eigenvalue weighted by Crippen LogP contribution is -2.12. The van der Waals surface area contributed by atoms with Gasteiger partial charge in [0.15, 0.2) is 16.6 Å². The number of ether oxygens (including phenoxy) is 2. The maximum atomic E-state index is 12.3. The molecule has 128 valence electrons. The van der Waals surface area contributed by atoms with E-state index >= 15 is 0 Å². The molecule has 0 unspecified atom stereocenters. The molecule has 0 saturated heterocycles. The summed E-state index contributed by atoms with van der Waals surface area (Å²) < 4.78 is 10.5. The molecule has 0 bridgehead atoms. The number of nitrogens with zero attached hydrogens (tertiary/aromatic N) is 1. The third kappa shape index (κ3) is 3.75. The van der Waals surface area contributed by atoms with Crippen LogP contribution in [-0.2, 0) is 0 Å². The van der Waals surface area contributed by atoms with Crippen molar-refractivity contribution in [3.8, 4) is 22.8 Å². The first-order chi connectivity index (χ1) is 12.1. The molecule has 1 aromatic heterocycles. The van der Waals surface area contributed by atoms with Gasteiger partial charge in [0.1, 0.15) is 0 Å². The number of carbonyl (C=O) groups excluding carboxylic acids is 1. The molecule has 5 nitrogen and oxygen atoms in total. The van der Waals surface area contributed by atoms with E-state index in [-0.39, 0.29) is 5.91 Å². The lowest BCUT2D eigenvalue weighted by atomic mass is 10.1. The van der Waals surface area contributed by atoms with Crippen LogP contribution in [0.2, 0.25) is 5.02 Å². The number of aromatic nitrogens is 1. The fraction of sp³-hybridized carbons (Fsp3) is 0.111. The van der Waals surface area contributed by atoms with Gasteiger partial charge in [-0.25, -0.2) is 4.98 Å². The van der Waals surface area contributed by atoms with Gasteiger partial charge < -0.3 is 9.47 Å². The zero-order valence-electron chi connectivity index (χ0n) is 13.6. The van der Waals surface area contributed by atoms with Crippen LogP contribution in [0.15, 0.2) is 47.8 Å². The summed E-state index contributed by atoms with van der Waals surface area (Å²) in [5.41, 5.74) is 2.01. The largest absolute Gasteiger partial charge is 0.493 e. The van der Waals surface area contributed by atoms with Crippen LogP contribution in [0.1, 0.15) is 10.4 Å². The second-order valence-electron chi connectivity index (χ2n) is 5.04. The van der Waals surface area contributed by atoms with Crippen molar-refractivity contribution in [2.75, 3.05) is 19.5 Å². The van der Waals surface area contributed by atoms with Crippen LogP contribution in [0.5, 0.6) is 11.5 Å². The molecule has 7 heteroatoms. The molecule has 1 amide bonds. The SMILES string of the molecule is COc1ccc(-c2csc(NC(=O)c3ccccc3Cl)n2)cc1OC.